The van der Waals surface area contributed by atoms with Crippen molar-refractivity contribution in [2.75, 3.05) is 19.7 Å². The van der Waals surface area contributed by atoms with Crippen molar-refractivity contribution in [1.29, 1.82) is 0 Å². The number of amides is 1. The van der Waals surface area contributed by atoms with Gasteiger partial charge in [-0.2, -0.15) is 0 Å². The fraction of sp³-hybridized carbons (Fsp3) is 0.538. The lowest BCUT2D eigenvalue weighted by Gasteiger charge is -2.33. The first-order valence-electron chi connectivity index (χ1n) is 6.00. The van der Waals surface area contributed by atoms with Crippen molar-refractivity contribution in [2.24, 2.45) is 5.92 Å². The van der Waals surface area contributed by atoms with E-state index < -0.39 is 0 Å². The van der Waals surface area contributed by atoms with Crippen LogP contribution < -0.4 is 0 Å². The average Bonchev–Trinajstić information content (AvgIpc) is 2.39. The topological polar surface area (TPSA) is 42.4 Å². The zero-order valence-corrected chi connectivity index (χ0v) is 10.3. The molecule has 0 N–H and O–H groups in total. The minimum absolute atomic E-state index is 0.0393. The molecule has 1 unspecified atom stereocenters. The quantitative estimate of drug-likeness (QED) is 0.781. The second kappa shape index (κ2) is 5.27. The third kappa shape index (κ3) is 2.82. The fourth-order valence-corrected chi connectivity index (χ4v) is 1.96. The maximum absolute atomic E-state index is 11.9. The molecule has 0 aromatic carbocycles. The summed E-state index contributed by atoms with van der Waals surface area (Å²) in [7, 11) is 0. The Hall–Kier alpha value is -1.42. The van der Waals surface area contributed by atoms with Gasteiger partial charge in [0.1, 0.15) is 6.10 Å². The van der Waals surface area contributed by atoms with Crippen LogP contribution in [0.3, 0.4) is 0 Å². The summed E-state index contributed by atoms with van der Waals surface area (Å²) in [6.45, 7) is 5.72. The summed E-state index contributed by atoms with van der Waals surface area (Å²) in [4.78, 5) is 18.1. The summed E-state index contributed by atoms with van der Waals surface area (Å²) in [6, 6.07) is 5.76. The molecule has 1 fully saturated rings. The lowest BCUT2D eigenvalue weighted by Crippen LogP contribution is -2.44. The minimum atomic E-state index is -0.0901. The molecule has 2 rings (SSSR count). The van der Waals surface area contributed by atoms with Crippen LogP contribution in [0.15, 0.2) is 24.4 Å². The number of hydrogen-bond donors (Lipinski definition) is 0. The number of nitrogens with zero attached hydrogens (tertiary/aromatic N) is 2. The Kier molecular flexibility index (Phi) is 3.74. The van der Waals surface area contributed by atoms with Crippen LogP contribution in [0, 0.1) is 5.92 Å². The monoisotopic (exact) mass is 234 g/mol. The van der Waals surface area contributed by atoms with Crippen molar-refractivity contribution >= 4 is 5.91 Å². The van der Waals surface area contributed by atoms with E-state index in [1.54, 1.807) is 6.20 Å². The number of pyridine rings is 1. The SMILES string of the molecule is CC(C)C(=O)N1CCOC(c2ccccn2)C1. The number of carbonyl (C=O) groups is 1. The molecule has 0 bridgehead atoms. The van der Waals surface area contributed by atoms with Gasteiger partial charge in [-0.05, 0) is 12.1 Å². The van der Waals surface area contributed by atoms with E-state index in [1.165, 1.54) is 0 Å². The molecule has 1 aliphatic heterocycles. The Morgan fingerprint density at radius 2 is 2.35 bits per heavy atom. The molecule has 0 spiro atoms. The van der Waals surface area contributed by atoms with E-state index in [4.69, 9.17) is 4.74 Å². The Morgan fingerprint density at radius 3 is 3.00 bits per heavy atom. The fourth-order valence-electron chi connectivity index (χ4n) is 1.96. The van der Waals surface area contributed by atoms with Crippen molar-refractivity contribution in [3.8, 4) is 0 Å². The van der Waals surface area contributed by atoms with E-state index in [-0.39, 0.29) is 17.9 Å². The normalized spacial score (nSPS) is 20.6. The first kappa shape index (κ1) is 12.0. The van der Waals surface area contributed by atoms with Gasteiger partial charge in [0, 0.05) is 18.7 Å². The Labute approximate surface area is 102 Å². The van der Waals surface area contributed by atoms with Crippen molar-refractivity contribution < 1.29 is 9.53 Å². The molecule has 0 saturated carbocycles. The minimum Gasteiger partial charge on any atom is -0.368 e. The molecule has 92 valence electrons. The Balaban J connectivity index is 2.05. The Bertz CT molecular complexity index is 378. The molecule has 1 saturated heterocycles. The lowest BCUT2D eigenvalue weighted by molar-refractivity contribution is -0.142. The molecule has 0 radical (unpaired) electrons. The smallest absolute Gasteiger partial charge is 0.225 e. The zero-order valence-electron chi connectivity index (χ0n) is 10.3. The highest BCUT2D eigenvalue weighted by molar-refractivity contribution is 5.78. The van der Waals surface area contributed by atoms with Crippen LogP contribution in [0.25, 0.3) is 0 Å². The summed E-state index contributed by atoms with van der Waals surface area (Å²) >= 11 is 0. The number of rotatable bonds is 2. The third-order valence-corrected chi connectivity index (χ3v) is 2.89. The molecular weight excluding hydrogens is 216 g/mol. The van der Waals surface area contributed by atoms with Gasteiger partial charge in [-0.1, -0.05) is 19.9 Å². The number of aromatic nitrogens is 1. The molecule has 1 amide bonds. The van der Waals surface area contributed by atoms with Crippen molar-refractivity contribution in [3.63, 3.8) is 0 Å². The van der Waals surface area contributed by atoms with Crippen molar-refractivity contribution in [3.05, 3.63) is 30.1 Å². The molecule has 1 aromatic rings. The summed E-state index contributed by atoms with van der Waals surface area (Å²) < 4.78 is 5.67. The first-order valence-corrected chi connectivity index (χ1v) is 6.00. The number of hydrogen-bond acceptors (Lipinski definition) is 3. The average molecular weight is 234 g/mol. The van der Waals surface area contributed by atoms with Crippen LogP contribution in [0.1, 0.15) is 25.6 Å². The third-order valence-electron chi connectivity index (χ3n) is 2.89. The van der Waals surface area contributed by atoms with Crippen LogP contribution in [-0.4, -0.2) is 35.5 Å². The first-order chi connectivity index (χ1) is 8.18. The zero-order chi connectivity index (χ0) is 12.3. The van der Waals surface area contributed by atoms with Gasteiger partial charge in [-0.15, -0.1) is 0 Å². The summed E-state index contributed by atoms with van der Waals surface area (Å²) in [5.41, 5.74) is 0.897. The van der Waals surface area contributed by atoms with Gasteiger partial charge in [0.15, 0.2) is 0 Å². The summed E-state index contributed by atoms with van der Waals surface area (Å²) in [6.07, 6.45) is 1.66. The predicted octanol–water partition coefficient (Wildman–Crippen LogP) is 1.64. The second-order valence-electron chi connectivity index (χ2n) is 4.55. The van der Waals surface area contributed by atoms with Crippen molar-refractivity contribution in [1.82, 2.24) is 9.88 Å². The van der Waals surface area contributed by atoms with E-state index in [0.717, 1.165) is 5.69 Å². The molecule has 4 nitrogen and oxygen atoms in total. The van der Waals surface area contributed by atoms with E-state index in [2.05, 4.69) is 4.98 Å². The maximum atomic E-state index is 11.9. The van der Waals surface area contributed by atoms with Crippen LogP contribution in [0.2, 0.25) is 0 Å². The largest absolute Gasteiger partial charge is 0.368 e. The van der Waals surface area contributed by atoms with Gasteiger partial charge >= 0.3 is 0 Å². The lowest BCUT2D eigenvalue weighted by atomic mass is 10.1. The van der Waals surface area contributed by atoms with Crippen LogP contribution >= 0.6 is 0 Å². The molecular formula is C13H18N2O2. The molecule has 2 heterocycles. The predicted molar refractivity (Wildman–Crippen MR) is 64.3 cm³/mol. The standard InChI is InChI=1S/C13H18N2O2/c1-10(2)13(16)15-7-8-17-12(9-15)11-5-3-4-6-14-11/h3-6,10,12H,7-9H2,1-2H3. The molecule has 17 heavy (non-hydrogen) atoms. The van der Waals surface area contributed by atoms with Crippen LogP contribution in [-0.2, 0) is 9.53 Å². The van der Waals surface area contributed by atoms with Crippen LogP contribution in [0.4, 0.5) is 0 Å². The summed E-state index contributed by atoms with van der Waals surface area (Å²) in [5.74, 6) is 0.228. The van der Waals surface area contributed by atoms with Crippen LogP contribution in [0.5, 0.6) is 0 Å². The van der Waals surface area contributed by atoms with Gasteiger partial charge in [-0.25, -0.2) is 0 Å². The highest BCUT2D eigenvalue weighted by Crippen LogP contribution is 2.21. The van der Waals surface area contributed by atoms with Crippen molar-refractivity contribution in [2.45, 2.75) is 20.0 Å². The van der Waals surface area contributed by atoms with E-state index in [9.17, 15) is 4.79 Å². The van der Waals surface area contributed by atoms with Gasteiger partial charge in [-0.3, -0.25) is 9.78 Å². The Morgan fingerprint density at radius 1 is 1.53 bits per heavy atom. The second-order valence-corrected chi connectivity index (χ2v) is 4.55. The number of morpholine rings is 1. The van der Waals surface area contributed by atoms with Gasteiger partial charge in [0.05, 0.1) is 18.8 Å². The van der Waals surface area contributed by atoms with Gasteiger partial charge < -0.3 is 9.64 Å². The summed E-state index contributed by atoms with van der Waals surface area (Å²) in [5, 5.41) is 0. The molecule has 1 aliphatic rings. The van der Waals surface area contributed by atoms with E-state index in [0.29, 0.717) is 19.7 Å². The van der Waals surface area contributed by atoms with Gasteiger partial charge in [0.25, 0.3) is 0 Å². The van der Waals surface area contributed by atoms with E-state index >= 15 is 0 Å². The highest BCUT2D eigenvalue weighted by atomic mass is 16.5. The highest BCUT2D eigenvalue weighted by Gasteiger charge is 2.27. The van der Waals surface area contributed by atoms with Gasteiger partial charge in [0.2, 0.25) is 5.91 Å². The number of carbonyl (C=O) groups excluding carboxylic acids is 1. The van der Waals surface area contributed by atoms with E-state index in [1.807, 2.05) is 36.9 Å². The molecule has 4 heteroatoms. The molecule has 1 aromatic heterocycles. The number of ether oxygens (including phenoxy) is 1. The molecule has 1 atom stereocenters. The molecule has 0 aliphatic carbocycles. The maximum Gasteiger partial charge on any atom is 0.225 e.